The standard InChI is InChI=1S/C17H24N2O6/c1-3-24-16(21)13-7-12-6-10(14-8-15(20)18-25-14)4-5-11(12)9-19(13)17(22)23-2/h8,10-13H,3-7,9H2,1-2H3,(H,18,20). The summed E-state index contributed by atoms with van der Waals surface area (Å²) >= 11 is 0. The summed E-state index contributed by atoms with van der Waals surface area (Å²) in [5.74, 6) is 0.952. The number of fused-ring (bicyclic) bond motifs is 1. The van der Waals surface area contributed by atoms with Gasteiger partial charge in [0.15, 0.2) is 0 Å². The molecule has 0 spiro atoms. The molecule has 0 aromatic carbocycles. The number of methoxy groups -OCH3 is 1. The molecule has 4 atom stereocenters. The van der Waals surface area contributed by atoms with E-state index in [1.807, 2.05) is 0 Å². The number of carbonyl (C=O) groups excluding carboxylic acids is 2. The number of piperidine rings is 1. The van der Waals surface area contributed by atoms with Crippen LogP contribution in [0.15, 0.2) is 10.6 Å². The maximum absolute atomic E-state index is 12.3. The van der Waals surface area contributed by atoms with Crippen molar-refractivity contribution in [3.8, 4) is 5.88 Å². The second-order valence-corrected chi connectivity index (χ2v) is 6.74. The first kappa shape index (κ1) is 17.6. The Balaban J connectivity index is 1.74. The van der Waals surface area contributed by atoms with E-state index in [-0.39, 0.29) is 30.3 Å². The highest BCUT2D eigenvalue weighted by Gasteiger charge is 2.45. The molecule has 2 fully saturated rings. The van der Waals surface area contributed by atoms with Crippen molar-refractivity contribution in [1.82, 2.24) is 10.1 Å². The molecular weight excluding hydrogens is 328 g/mol. The fourth-order valence-corrected chi connectivity index (χ4v) is 4.16. The normalized spacial score (nSPS) is 29.0. The SMILES string of the molecule is CCOC(=O)C1CC2CC(c3cc(O)no3)CCC2CN1C(=O)OC. The molecule has 1 aliphatic carbocycles. The van der Waals surface area contributed by atoms with E-state index < -0.39 is 12.1 Å². The van der Waals surface area contributed by atoms with Crippen LogP contribution in [0.3, 0.4) is 0 Å². The van der Waals surface area contributed by atoms with Gasteiger partial charge in [-0.1, -0.05) is 0 Å². The van der Waals surface area contributed by atoms with Crippen LogP contribution in [0.1, 0.15) is 44.3 Å². The number of amides is 1. The minimum atomic E-state index is -0.615. The number of aromatic hydroxyl groups is 1. The van der Waals surface area contributed by atoms with Gasteiger partial charge < -0.3 is 19.1 Å². The predicted molar refractivity (Wildman–Crippen MR) is 85.9 cm³/mol. The number of likely N-dealkylation sites (tertiary alicyclic amines) is 1. The summed E-state index contributed by atoms with van der Waals surface area (Å²) < 4.78 is 15.2. The molecule has 1 saturated heterocycles. The van der Waals surface area contributed by atoms with E-state index in [9.17, 15) is 14.7 Å². The molecule has 1 aromatic heterocycles. The number of aromatic nitrogens is 1. The maximum atomic E-state index is 12.3. The summed E-state index contributed by atoms with van der Waals surface area (Å²) in [7, 11) is 1.32. The number of rotatable bonds is 3. The Morgan fingerprint density at radius 3 is 2.80 bits per heavy atom. The van der Waals surface area contributed by atoms with Crippen LogP contribution in [-0.4, -0.2) is 53.5 Å². The Hall–Kier alpha value is -2.25. The summed E-state index contributed by atoms with van der Waals surface area (Å²) in [6.07, 6.45) is 2.72. The minimum Gasteiger partial charge on any atom is -0.491 e. The molecule has 1 amide bonds. The van der Waals surface area contributed by atoms with Gasteiger partial charge >= 0.3 is 12.1 Å². The summed E-state index contributed by atoms with van der Waals surface area (Å²) in [6, 6.07) is 0.938. The van der Waals surface area contributed by atoms with E-state index >= 15 is 0 Å². The smallest absolute Gasteiger partial charge is 0.410 e. The molecule has 3 rings (SSSR count). The summed E-state index contributed by atoms with van der Waals surface area (Å²) in [4.78, 5) is 25.9. The van der Waals surface area contributed by atoms with Crippen LogP contribution in [0.5, 0.6) is 5.88 Å². The zero-order valence-corrected chi connectivity index (χ0v) is 14.5. The molecule has 4 unspecified atom stereocenters. The molecular formula is C17H24N2O6. The molecule has 25 heavy (non-hydrogen) atoms. The topological polar surface area (TPSA) is 102 Å². The van der Waals surface area contributed by atoms with Crippen molar-refractivity contribution >= 4 is 12.1 Å². The summed E-state index contributed by atoms with van der Waals surface area (Å²) in [5, 5.41) is 12.9. The number of carbonyl (C=O) groups is 2. The van der Waals surface area contributed by atoms with E-state index in [4.69, 9.17) is 14.0 Å². The first-order chi connectivity index (χ1) is 12.0. The van der Waals surface area contributed by atoms with Gasteiger partial charge in [0.05, 0.1) is 13.7 Å². The lowest BCUT2D eigenvalue weighted by molar-refractivity contribution is -0.152. The van der Waals surface area contributed by atoms with Gasteiger partial charge in [-0.25, -0.2) is 9.59 Å². The molecule has 1 saturated carbocycles. The predicted octanol–water partition coefficient (Wildman–Crippen LogP) is 2.28. The van der Waals surface area contributed by atoms with Gasteiger partial charge in [0.2, 0.25) is 0 Å². The van der Waals surface area contributed by atoms with Gasteiger partial charge in [0.1, 0.15) is 11.8 Å². The van der Waals surface area contributed by atoms with Gasteiger partial charge in [0, 0.05) is 18.5 Å². The molecule has 0 bridgehead atoms. The summed E-state index contributed by atoms with van der Waals surface area (Å²) in [5.41, 5.74) is 0. The lowest BCUT2D eigenvalue weighted by Gasteiger charge is -2.45. The largest absolute Gasteiger partial charge is 0.491 e. The van der Waals surface area contributed by atoms with Crippen molar-refractivity contribution in [3.05, 3.63) is 11.8 Å². The van der Waals surface area contributed by atoms with Crippen molar-refractivity contribution in [1.29, 1.82) is 0 Å². The van der Waals surface area contributed by atoms with Crippen molar-refractivity contribution in [2.75, 3.05) is 20.3 Å². The number of hydrogen-bond donors (Lipinski definition) is 1. The van der Waals surface area contributed by atoms with E-state index in [1.165, 1.54) is 12.0 Å². The highest BCUT2D eigenvalue weighted by atomic mass is 16.6. The molecule has 2 heterocycles. The highest BCUT2D eigenvalue weighted by molar-refractivity contribution is 5.81. The number of hydrogen-bond acceptors (Lipinski definition) is 7. The second-order valence-electron chi connectivity index (χ2n) is 6.74. The fourth-order valence-electron chi connectivity index (χ4n) is 4.16. The Kier molecular flexibility index (Phi) is 5.15. The van der Waals surface area contributed by atoms with Crippen molar-refractivity contribution in [3.63, 3.8) is 0 Å². The van der Waals surface area contributed by atoms with Crippen LogP contribution >= 0.6 is 0 Å². The molecule has 8 heteroatoms. The van der Waals surface area contributed by atoms with Crippen molar-refractivity contribution in [2.45, 2.75) is 44.6 Å². The average molecular weight is 352 g/mol. The number of esters is 1. The fraction of sp³-hybridized carbons (Fsp3) is 0.706. The molecule has 8 nitrogen and oxygen atoms in total. The molecule has 1 N–H and O–H groups in total. The first-order valence-electron chi connectivity index (χ1n) is 8.70. The Morgan fingerprint density at radius 1 is 1.36 bits per heavy atom. The molecule has 1 aromatic rings. The first-order valence-corrected chi connectivity index (χ1v) is 8.70. The third-order valence-corrected chi connectivity index (χ3v) is 5.36. The second kappa shape index (κ2) is 7.33. The van der Waals surface area contributed by atoms with Crippen molar-refractivity contribution < 1.29 is 28.7 Å². The van der Waals surface area contributed by atoms with Gasteiger partial charge in [-0.15, -0.1) is 0 Å². The quantitative estimate of drug-likeness (QED) is 0.833. The number of ether oxygens (including phenoxy) is 2. The van der Waals surface area contributed by atoms with Crippen LogP contribution in [-0.2, 0) is 14.3 Å². The van der Waals surface area contributed by atoms with E-state index in [1.54, 1.807) is 13.0 Å². The summed E-state index contributed by atoms with van der Waals surface area (Å²) in [6.45, 7) is 2.52. The molecule has 2 aliphatic rings. The highest BCUT2D eigenvalue weighted by Crippen LogP contribution is 2.45. The van der Waals surface area contributed by atoms with Crippen LogP contribution < -0.4 is 0 Å². The van der Waals surface area contributed by atoms with E-state index in [0.717, 1.165) is 19.3 Å². The van der Waals surface area contributed by atoms with Crippen molar-refractivity contribution in [2.24, 2.45) is 11.8 Å². The average Bonchev–Trinajstić information content (AvgIpc) is 3.06. The lowest BCUT2D eigenvalue weighted by atomic mass is 9.68. The third-order valence-electron chi connectivity index (χ3n) is 5.36. The zero-order chi connectivity index (χ0) is 18.0. The van der Waals surface area contributed by atoms with Gasteiger partial charge in [-0.2, -0.15) is 0 Å². The monoisotopic (exact) mass is 352 g/mol. The van der Waals surface area contributed by atoms with Gasteiger partial charge in [-0.3, -0.25) is 4.90 Å². The molecule has 138 valence electrons. The maximum Gasteiger partial charge on any atom is 0.410 e. The third kappa shape index (κ3) is 3.57. The molecule has 1 aliphatic heterocycles. The Labute approximate surface area is 146 Å². The van der Waals surface area contributed by atoms with Crippen LogP contribution in [0.25, 0.3) is 0 Å². The van der Waals surface area contributed by atoms with Crippen LogP contribution in [0, 0.1) is 11.8 Å². The van der Waals surface area contributed by atoms with Crippen LogP contribution in [0.2, 0.25) is 0 Å². The Bertz CT molecular complexity index is 630. The Morgan fingerprint density at radius 2 is 2.16 bits per heavy atom. The number of nitrogens with zero attached hydrogens (tertiary/aromatic N) is 2. The zero-order valence-electron chi connectivity index (χ0n) is 14.5. The van der Waals surface area contributed by atoms with Gasteiger partial charge in [-0.05, 0) is 49.6 Å². The minimum absolute atomic E-state index is 0.109. The van der Waals surface area contributed by atoms with E-state index in [2.05, 4.69) is 5.16 Å². The van der Waals surface area contributed by atoms with E-state index in [0.29, 0.717) is 24.6 Å². The lowest BCUT2D eigenvalue weighted by Crippen LogP contribution is -2.54. The van der Waals surface area contributed by atoms with Gasteiger partial charge in [0.25, 0.3) is 5.88 Å². The molecule has 0 radical (unpaired) electrons. The van der Waals surface area contributed by atoms with Crippen LogP contribution in [0.4, 0.5) is 4.79 Å².